The molecule has 158 valence electrons. The van der Waals surface area contributed by atoms with Crippen molar-refractivity contribution in [1.29, 1.82) is 0 Å². The van der Waals surface area contributed by atoms with Crippen LogP contribution in [0.15, 0.2) is 29.7 Å². The number of carboxylic acids is 1. The Morgan fingerprint density at radius 1 is 1.14 bits per heavy atom. The molecule has 0 unspecified atom stereocenters. The number of rotatable bonds is 5. The molecule has 7 nitrogen and oxygen atoms in total. The molecule has 1 aromatic carbocycles. The summed E-state index contributed by atoms with van der Waals surface area (Å²) in [7, 11) is -0.739. The van der Waals surface area contributed by atoms with E-state index >= 15 is 0 Å². The first-order chi connectivity index (χ1) is 13.2. The van der Waals surface area contributed by atoms with Crippen molar-refractivity contribution in [2.24, 2.45) is 0 Å². The number of nitrogens with one attached hydrogen (secondary N) is 1. The smallest absolute Gasteiger partial charge is 0.478 e. The van der Waals surface area contributed by atoms with Crippen molar-refractivity contribution < 1.29 is 28.7 Å². The van der Waals surface area contributed by atoms with Gasteiger partial charge in [0.15, 0.2) is 0 Å². The highest BCUT2D eigenvalue weighted by Crippen LogP contribution is 2.38. The Labute approximate surface area is 172 Å². The number of carbonyl (C=O) groups is 2. The summed E-state index contributed by atoms with van der Waals surface area (Å²) in [5, 5.41) is 12.2. The van der Waals surface area contributed by atoms with Crippen LogP contribution in [0.25, 0.3) is 6.08 Å². The number of carboxylic acid groups (broad SMARTS) is 1. The largest absolute Gasteiger partial charge is 0.492 e. The van der Waals surface area contributed by atoms with Gasteiger partial charge in [-0.3, -0.25) is 0 Å². The summed E-state index contributed by atoms with van der Waals surface area (Å²) in [5.41, 5.74) is -0.546. The molecule has 1 aromatic rings. The quantitative estimate of drug-likeness (QED) is 0.724. The van der Waals surface area contributed by atoms with Gasteiger partial charge in [-0.1, -0.05) is 24.3 Å². The first kappa shape index (κ1) is 23.0. The molecule has 2 N–H and O–H groups in total. The molecule has 8 heteroatoms. The Morgan fingerprint density at radius 3 is 2.21 bits per heavy atom. The molecule has 1 aliphatic heterocycles. The minimum absolute atomic E-state index is 0.0830. The van der Waals surface area contributed by atoms with E-state index in [0.717, 1.165) is 0 Å². The fraction of sp³-hybridized carbons (Fsp3) is 0.524. The Balaban J connectivity index is 2.34. The summed E-state index contributed by atoms with van der Waals surface area (Å²) in [6, 6.07) is 6.63. The number of ether oxygens (including phenoxy) is 1. The Morgan fingerprint density at radius 2 is 1.69 bits per heavy atom. The fourth-order valence-corrected chi connectivity index (χ4v) is 2.70. The normalized spacial score (nSPS) is 18.4. The van der Waals surface area contributed by atoms with Gasteiger partial charge in [0, 0.05) is 6.54 Å². The molecule has 0 saturated carbocycles. The van der Waals surface area contributed by atoms with E-state index in [-0.39, 0.29) is 12.1 Å². The van der Waals surface area contributed by atoms with Gasteiger partial charge >= 0.3 is 19.2 Å². The van der Waals surface area contributed by atoms with Crippen LogP contribution >= 0.6 is 0 Å². The summed E-state index contributed by atoms with van der Waals surface area (Å²) in [6.07, 6.45) is 1.11. The lowest BCUT2D eigenvalue weighted by Gasteiger charge is -2.32. The number of aromatic carboxylic acids is 1. The van der Waals surface area contributed by atoms with Crippen molar-refractivity contribution in [3.8, 4) is 0 Å². The van der Waals surface area contributed by atoms with Crippen molar-refractivity contribution >= 4 is 25.3 Å². The molecule has 2 rings (SSSR count). The Kier molecular flexibility index (Phi) is 6.50. The molecule has 1 saturated heterocycles. The molecule has 29 heavy (non-hydrogen) atoms. The third-order valence-corrected chi connectivity index (χ3v) is 4.92. The van der Waals surface area contributed by atoms with Crippen LogP contribution in [-0.4, -0.2) is 47.6 Å². The zero-order chi connectivity index (χ0) is 22.0. The highest BCUT2D eigenvalue weighted by atomic mass is 16.7. The van der Waals surface area contributed by atoms with Crippen molar-refractivity contribution in [2.75, 3.05) is 6.54 Å². The van der Waals surface area contributed by atoms with E-state index in [0.29, 0.717) is 11.0 Å². The highest BCUT2D eigenvalue weighted by Gasteiger charge is 2.52. The van der Waals surface area contributed by atoms with Crippen molar-refractivity contribution in [1.82, 2.24) is 5.32 Å². The monoisotopic (exact) mass is 403 g/mol. The standard InChI is InChI=1S/C21H30BNO6/c1-19(2,3)27-18(26)23-13-15(22-28-20(4,5)21(6,7)29-22)12-14-10-8-9-11-16(14)17(24)25/h8-12H,13H2,1-7H3,(H,23,26)(H,24,25). The van der Waals surface area contributed by atoms with Gasteiger partial charge in [-0.2, -0.15) is 0 Å². The van der Waals surface area contributed by atoms with Crippen LogP contribution < -0.4 is 5.32 Å². The second kappa shape index (κ2) is 8.20. The van der Waals surface area contributed by atoms with Gasteiger partial charge in [0.2, 0.25) is 0 Å². The molecular weight excluding hydrogens is 373 g/mol. The third-order valence-electron chi connectivity index (χ3n) is 4.92. The molecule has 0 spiro atoms. The van der Waals surface area contributed by atoms with Crippen LogP contribution in [0.4, 0.5) is 4.79 Å². The van der Waals surface area contributed by atoms with E-state index in [9.17, 15) is 14.7 Å². The molecule has 0 atom stereocenters. The number of amides is 1. The summed E-state index contributed by atoms with van der Waals surface area (Å²) < 4.78 is 17.5. The topological polar surface area (TPSA) is 94.1 Å². The van der Waals surface area contributed by atoms with Gasteiger partial charge in [0.05, 0.1) is 16.8 Å². The molecule has 1 aliphatic rings. The lowest BCUT2D eigenvalue weighted by atomic mass is 9.76. The average molecular weight is 403 g/mol. The maximum atomic E-state index is 12.1. The van der Waals surface area contributed by atoms with Crippen LogP contribution in [-0.2, 0) is 14.0 Å². The molecule has 0 radical (unpaired) electrons. The van der Waals surface area contributed by atoms with E-state index in [4.69, 9.17) is 14.0 Å². The van der Waals surface area contributed by atoms with E-state index in [1.807, 2.05) is 27.7 Å². The van der Waals surface area contributed by atoms with Gasteiger partial charge in [-0.25, -0.2) is 9.59 Å². The highest BCUT2D eigenvalue weighted by molar-refractivity contribution is 6.56. The second-order valence-corrected chi connectivity index (χ2v) is 9.06. The van der Waals surface area contributed by atoms with Gasteiger partial charge in [-0.15, -0.1) is 0 Å². The predicted octanol–water partition coefficient (Wildman–Crippen LogP) is 3.92. The zero-order valence-electron chi connectivity index (χ0n) is 18.2. The minimum atomic E-state index is -1.04. The summed E-state index contributed by atoms with van der Waals surface area (Å²) >= 11 is 0. The van der Waals surface area contributed by atoms with E-state index in [2.05, 4.69) is 5.32 Å². The number of hydrogen-bond acceptors (Lipinski definition) is 5. The SMILES string of the molecule is CC(C)(C)OC(=O)NCC(=Cc1ccccc1C(=O)O)B1OC(C)(C)C(C)(C)O1. The first-order valence-electron chi connectivity index (χ1n) is 9.57. The third kappa shape index (κ3) is 5.84. The molecule has 1 heterocycles. The molecule has 1 amide bonds. The van der Waals surface area contributed by atoms with Gasteiger partial charge < -0.3 is 24.5 Å². The number of hydrogen-bond donors (Lipinski definition) is 2. The zero-order valence-corrected chi connectivity index (χ0v) is 18.2. The summed E-state index contributed by atoms with van der Waals surface area (Å²) in [4.78, 5) is 23.7. The van der Waals surface area contributed by atoms with E-state index < -0.39 is 36.0 Å². The van der Waals surface area contributed by atoms with Crippen LogP contribution in [0.1, 0.15) is 64.4 Å². The van der Waals surface area contributed by atoms with Crippen LogP contribution in [0, 0.1) is 0 Å². The van der Waals surface area contributed by atoms with Crippen LogP contribution in [0.3, 0.4) is 0 Å². The van der Waals surface area contributed by atoms with Crippen molar-refractivity contribution in [3.63, 3.8) is 0 Å². The lowest BCUT2D eigenvalue weighted by Crippen LogP contribution is -2.41. The molecular formula is C21H30BNO6. The fourth-order valence-electron chi connectivity index (χ4n) is 2.70. The predicted molar refractivity (Wildman–Crippen MR) is 112 cm³/mol. The Hall–Kier alpha value is -2.32. The van der Waals surface area contributed by atoms with Gasteiger partial charge in [0.1, 0.15) is 5.60 Å². The molecule has 0 bridgehead atoms. The Bertz CT molecular complexity index is 794. The van der Waals surface area contributed by atoms with Gasteiger partial charge in [0.25, 0.3) is 0 Å². The first-order valence-corrected chi connectivity index (χ1v) is 9.57. The second-order valence-electron chi connectivity index (χ2n) is 9.06. The minimum Gasteiger partial charge on any atom is -0.478 e. The number of benzene rings is 1. The molecule has 0 aromatic heterocycles. The summed E-state index contributed by atoms with van der Waals surface area (Å²) in [6.45, 7) is 13.1. The lowest BCUT2D eigenvalue weighted by molar-refractivity contribution is 0.00578. The van der Waals surface area contributed by atoms with E-state index in [1.165, 1.54) is 6.07 Å². The van der Waals surface area contributed by atoms with Crippen LogP contribution in [0.2, 0.25) is 0 Å². The molecule has 1 fully saturated rings. The average Bonchev–Trinajstić information content (AvgIpc) is 2.77. The maximum Gasteiger partial charge on any atom is 0.492 e. The van der Waals surface area contributed by atoms with Crippen molar-refractivity contribution in [2.45, 2.75) is 65.3 Å². The maximum absolute atomic E-state index is 12.1. The number of carbonyl (C=O) groups excluding carboxylic acids is 1. The number of alkyl carbamates (subject to hydrolysis) is 1. The van der Waals surface area contributed by atoms with Gasteiger partial charge in [-0.05, 0) is 65.6 Å². The van der Waals surface area contributed by atoms with Crippen molar-refractivity contribution in [3.05, 3.63) is 40.9 Å². The molecule has 0 aliphatic carbocycles. The van der Waals surface area contributed by atoms with Crippen LogP contribution in [0.5, 0.6) is 0 Å². The summed E-state index contributed by atoms with van der Waals surface area (Å²) in [5.74, 6) is -1.04. The van der Waals surface area contributed by atoms with E-state index in [1.54, 1.807) is 45.0 Å².